The van der Waals surface area contributed by atoms with Crippen LogP contribution in [0.1, 0.15) is 26.7 Å². The Hall–Kier alpha value is -6.87. The van der Waals surface area contributed by atoms with Crippen molar-refractivity contribution < 1.29 is 272 Å². The smallest absolute Gasteiger partial charge is 0.549 e. The van der Waals surface area contributed by atoms with Gasteiger partial charge in [0.25, 0.3) is 0 Å². The van der Waals surface area contributed by atoms with Crippen LogP contribution in [-0.2, 0) is 95.9 Å². The van der Waals surface area contributed by atoms with Crippen molar-refractivity contribution in [2.24, 2.45) is 5.41 Å². The summed E-state index contributed by atoms with van der Waals surface area (Å²) in [6.07, 6.45) is -0.963. The number of ketones is 2. The van der Waals surface area contributed by atoms with Crippen LogP contribution in [-0.4, -0.2) is 628 Å². The molecule has 4 saturated heterocycles. The molecule has 2 atom stereocenters. The number of carboxylic acids is 11. The van der Waals surface area contributed by atoms with Crippen LogP contribution in [0.5, 0.6) is 0 Å². The summed E-state index contributed by atoms with van der Waals surface area (Å²) < 4.78 is 0. The molecule has 0 saturated carbocycles. The zero-order valence-corrected chi connectivity index (χ0v) is 87.0. The maximum Gasteiger partial charge on any atom is 3.00 e. The Labute approximate surface area is 909 Å². The Morgan fingerprint density at radius 2 is 0.457 bits per heavy atom. The van der Waals surface area contributed by atoms with Crippen LogP contribution >= 0.6 is 0 Å². The predicted molar refractivity (Wildman–Crippen MR) is 473 cm³/mol. The number of nitrogens with one attached hydrogen (secondary N) is 4. The Bertz CT molecular complexity index is 3610. The molecule has 0 aliphatic carbocycles. The fourth-order valence-electron chi connectivity index (χ4n) is 15.7. The summed E-state index contributed by atoms with van der Waals surface area (Å²) in [5.41, 5.74) is -1.76. The third-order valence-corrected chi connectivity index (χ3v) is 23.8. The number of rotatable bonds is 49. The molecule has 4 fully saturated rings. The minimum Gasteiger partial charge on any atom is -0.549 e. The number of likely N-dealkylation sites (N-methyl/N-ethyl adjacent to an activating group) is 3. The van der Waals surface area contributed by atoms with E-state index in [1.807, 2.05) is 0 Å². The van der Waals surface area contributed by atoms with E-state index in [2.05, 4.69) is 21.3 Å². The van der Waals surface area contributed by atoms with Crippen LogP contribution in [0.15, 0.2) is 0 Å². The van der Waals surface area contributed by atoms with E-state index in [1.165, 1.54) is 74.2 Å². The van der Waals surface area contributed by atoms with E-state index in [9.17, 15) is 152 Å². The van der Waals surface area contributed by atoms with Crippen molar-refractivity contribution in [2.75, 3.05) is 375 Å². The molecule has 7 amide bonds. The predicted octanol–water partition coefficient (Wildman–Crippen LogP) is -17.4. The van der Waals surface area contributed by atoms with Crippen molar-refractivity contribution in [1.29, 1.82) is 0 Å². The minimum atomic E-state index is -1.76. The number of nitrogens with zero attached hydrogens (tertiary/aromatic N) is 19. The van der Waals surface area contributed by atoms with Gasteiger partial charge in [-0.2, -0.15) is 0 Å². The summed E-state index contributed by atoms with van der Waals surface area (Å²) in [4.78, 5) is 288. The number of Topliss-reactive ketones (excluding diaryl/α,β-unsaturated/α-hetero) is 2. The Kier molecular flexibility index (Phi) is 66.3. The van der Waals surface area contributed by atoms with E-state index in [0.717, 1.165) is 14.7 Å². The van der Waals surface area contributed by atoms with Crippen LogP contribution < -0.4 is 41.7 Å². The van der Waals surface area contributed by atoms with E-state index >= 15 is 0 Å². The summed E-state index contributed by atoms with van der Waals surface area (Å²) >= 11 is 0. The van der Waals surface area contributed by atoms with Gasteiger partial charge in [0, 0.05) is 288 Å². The largest absolute Gasteiger partial charge is 3.00 e. The van der Waals surface area contributed by atoms with Gasteiger partial charge in [0.2, 0.25) is 41.4 Å². The molecule has 4 aliphatic rings. The molecule has 4 heterocycles. The van der Waals surface area contributed by atoms with Gasteiger partial charge in [-0.05, 0) is 20.3 Å². The summed E-state index contributed by atoms with van der Waals surface area (Å²) in [7, 11) is 3.83. The third kappa shape index (κ3) is 58.9. The zero-order chi connectivity index (χ0) is 102. The maximum absolute atomic E-state index is 14.6. The van der Waals surface area contributed by atoms with Crippen LogP contribution in [0.2, 0.25) is 0 Å². The van der Waals surface area contributed by atoms with E-state index in [4.69, 9.17) is 0 Å². The number of hydrogen-bond donors (Lipinski definition) is 11. The second-order valence-electron chi connectivity index (χ2n) is 35.1. The summed E-state index contributed by atoms with van der Waals surface area (Å²) in [6.45, 7) is -7.27. The molecule has 54 nitrogen and oxygen atoms in total. The molecule has 3 radical (unpaired) electrons. The van der Waals surface area contributed by atoms with Gasteiger partial charge in [-0.25, -0.2) is 0 Å². The second kappa shape index (κ2) is 70.8. The van der Waals surface area contributed by atoms with Crippen molar-refractivity contribution in [3.8, 4) is 0 Å². The number of aliphatic carboxylic acids is 11. The monoisotopic (exact) mass is 2430 g/mol. The van der Waals surface area contributed by atoms with Crippen molar-refractivity contribution >= 4 is 119 Å². The zero-order valence-electron chi connectivity index (χ0n) is 80.2. The Morgan fingerprint density at radius 3 is 0.643 bits per heavy atom. The first kappa shape index (κ1) is 131. The van der Waals surface area contributed by atoms with E-state index in [1.54, 1.807) is 39.2 Å². The number of carbonyl (C=O) groups is 20. The number of carboxylic acid groups (broad SMARTS) is 11. The van der Waals surface area contributed by atoms with Gasteiger partial charge in [-0.1, -0.05) is 0 Å². The molecule has 0 spiro atoms. The van der Waals surface area contributed by atoms with Crippen molar-refractivity contribution in [3.63, 3.8) is 0 Å². The number of hydrogen-bond acceptors (Lipinski definition) is 40. The summed E-state index contributed by atoms with van der Waals surface area (Å²) in [6, 6.07) is -1.12. The number of carbonyl (C=O) groups excluding carboxylic acids is 13. The minimum absolute atomic E-state index is 0. The first-order chi connectivity index (χ1) is 64.6. The molecular weight excluding hydrogens is 2290 g/mol. The van der Waals surface area contributed by atoms with Gasteiger partial charge in [-0.3, -0.25) is 155 Å². The van der Waals surface area contributed by atoms with Gasteiger partial charge in [-0.15, -0.1) is 0 Å². The van der Waals surface area contributed by atoms with Crippen LogP contribution in [0.25, 0.3) is 0 Å². The van der Waals surface area contributed by atoms with Gasteiger partial charge in [0.1, 0.15) is 5.78 Å². The van der Waals surface area contributed by atoms with Gasteiger partial charge < -0.3 is 111 Å². The van der Waals surface area contributed by atoms with Gasteiger partial charge >= 0.3 is 162 Å². The molecule has 0 aromatic rings. The third-order valence-electron chi connectivity index (χ3n) is 23.8. The second-order valence-corrected chi connectivity index (χ2v) is 35.1. The molecule has 11 N–H and O–H groups in total. The average Bonchev–Trinajstić information content (AvgIpc) is 0.849. The Morgan fingerprint density at radius 1 is 0.279 bits per heavy atom. The molecule has 791 valence electrons. The summed E-state index contributed by atoms with van der Waals surface area (Å²) in [5.74, 6) is -20.5. The number of amides is 7. The molecule has 4 aliphatic heterocycles. The first-order valence-electron chi connectivity index (χ1n) is 45.3. The quantitative estimate of drug-likeness (QED) is 0.0269. The fraction of sp³-hybridized carbons (Fsp3) is 0.759. The summed E-state index contributed by atoms with van der Waals surface area (Å²) in [5, 5.41) is 127. The van der Waals surface area contributed by atoms with Gasteiger partial charge in [0.05, 0.1) is 128 Å². The molecule has 4 rings (SSSR count). The Balaban J connectivity index is 0.0000327. The maximum atomic E-state index is 14.6. The van der Waals surface area contributed by atoms with E-state index in [-0.39, 0.29) is 342 Å². The van der Waals surface area contributed by atoms with E-state index in [0.29, 0.717) is 0 Å². The fourth-order valence-corrected chi connectivity index (χ4v) is 15.7. The van der Waals surface area contributed by atoms with Crippen molar-refractivity contribution in [1.82, 2.24) is 114 Å². The molecule has 0 bridgehead atoms. The molecular formula is C83H139Gd3N23O31+5. The van der Waals surface area contributed by atoms with Gasteiger partial charge in [0.15, 0.2) is 5.78 Å². The first-order valence-corrected chi connectivity index (χ1v) is 45.3. The molecule has 0 aromatic heterocycles. The molecule has 2 unspecified atom stereocenters. The molecule has 0 aromatic carbocycles. The van der Waals surface area contributed by atoms with Crippen molar-refractivity contribution in [3.05, 3.63) is 0 Å². The topological polar surface area (TPSA) is 685 Å². The van der Waals surface area contributed by atoms with E-state index < -0.39 is 275 Å². The van der Waals surface area contributed by atoms with Crippen LogP contribution in [0, 0.1) is 125 Å². The SMILES string of the molecule is CC(=O)CN1CCN(CC(=O)[O-])CCN(CC(=O)N(C)CC(=O)NCC(CCC(=O)CNC(=O)C(C)N2CCN(CC(=O)[O-])CCN(CC(=O)O)CCN(CC(=O)O)CC2)(CNC(=O)CN(C)C(=O)CN2CCN(CC(=O)[O-])CCN(CC(=O)[O-])CCN(CC(=O)O)CC2)CNC(=O)CN(C)C(=O)CN2CCN(CC(=O)O)CCN(CC(=O)O)CCN(CC(=O)O)CC2)CCN(CC(=O)O)CC1.[Gd+3].[Gd+3].[Gd+3]. The average molecular weight is 2430 g/mol. The molecule has 140 heavy (non-hydrogen) atoms. The standard InChI is InChI=1S/C83H143N23O31.3Gd/c1-62(107)41-91-8-16-95(48-71(115)116)18-10-92(11-19-96(17-9-91)49-72(117)118)45-68(112)88(3)42-65(109)85-59-83(7-6-64(108)40-84-82(137)63(2)106-38-36-104(57-80(133)134)34-32-103(56-79(131)132)33-35-105(37-39-106)58-81(135)136,60-86-66(110)43-89(4)69(113)46-93-12-20-97(50-73(119)120)24-28-101(54-77(127)128)29-25-98(21-13-93)51-74(121)122)61-87-67(111)44-90(5)70(114)47-94-14-22-99(52-75(123)124)26-30-102(55-78(129)130)31-27-100(23-15-94)53-76(125)126;;;/h63H,6-61H2,1-5H3,(H,84,137)(H,85,109)(H,86,110)(H,87,111)(H,115,116)(H,117,118)(H,119,120)(H,121,122)(H,123,124)(H,125,126)(H,127,128)(H,129,130)(H,131,132)(H,133,134)(H,135,136);;;/q;3*+3/p-4. The van der Waals surface area contributed by atoms with Crippen LogP contribution in [0.4, 0.5) is 0 Å². The normalized spacial score (nSPS) is 18.5. The van der Waals surface area contributed by atoms with Crippen LogP contribution in [0.3, 0.4) is 0 Å². The molecule has 57 heteroatoms. The van der Waals surface area contributed by atoms with Crippen molar-refractivity contribution in [2.45, 2.75) is 32.7 Å².